The third-order valence-electron chi connectivity index (χ3n) is 2.68. The van der Waals surface area contributed by atoms with Gasteiger partial charge in [-0.25, -0.2) is 4.98 Å². The van der Waals surface area contributed by atoms with Gasteiger partial charge in [-0.1, -0.05) is 0 Å². The summed E-state index contributed by atoms with van der Waals surface area (Å²) in [5, 5.41) is 2.95. The lowest BCUT2D eigenvalue weighted by Crippen LogP contribution is -1.94. The molecular weight excluding hydrogens is 250 g/mol. The number of pyridine rings is 1. The second-order valence-corrected chi connectivity index (χ2v) is 4.40. The normalized spacial score (nSPS) is 10.4. The molecule has 18 heavy (non-hydrogen) atoms. The van der Waals surface area contributed by atoms with Crippen LogP contribution in [0.4, 0.5) is 0 Å². The van der Waals surface area contributed by atoms with Gasteiger partial charge in [-0.2, -0.15) is 0 Å². The average Bonchev–Trinajstić information content (AvgIpc) is 2.44. The Balaban J connectivity index is 2.74. The maximum absolute atomic E-state index is 5.31. The van der Waals surface area contributed by atoms with Gasteiger partial charge in [0.15, 0.2) is 11.5 Å². The molecule has 5 heteroatoms. The third kappa shape index (κ3) is 2.18. The number of hydrogen-bond donors (Lipinski definition) is 0. The van der Waals surface area contributed by atoms with Gasteiger partial charge in [-0.15, -0.1) is 11.8 Å². The van der Waals surface area contributed by atoms with Crippen molar-refractivity contribution in [3.8, 4) is 17.4 Å². The van der Waals surface area contributed by atoms with Crippen molar-refractivity contribution in [1.29, 1.82) is 0 Å². The van der Waals surface area contributed by atoms with Gasteiger partial charge in [-0.05, 0) is 23.8 Å². The van der Waals surface area contributed by atoms with Gasteiger partial charge >= 0.3 is 0 Å². The van der Waals surface area contributed by atoms with Crippen molar-refractivity contribution in [1.82, 2.24) is 4.98 Å². The van der Waals surface area contributed by atoms with E-state index in [1.54, 1.807) is 33.1 Å². The highest BCUT2D eigenvalue weighted by Crippen LogP contribution is 2.36. The highest BCUT2D eigenvalue weighted by atomic mass is 32.2. The molecule has 96 valence electrons. The standard InChI is InChI=1S/C13H15NO3S/c1-15-10-5-8-6-12(17-3)14-13(18-4)9(8)7-11(10)16-2/h5-7H,1-4H3. The Hall–Kier alpha value is -1.62. The molecule has 2 rings (SSSR count). The summed E-state index contributed by atoms with van der Waals surface area (Å²) in [5.74, 6) is 2.00. The van der Waals surface area contributed by atoms with Crippen LogP contribution in [0, 0.1) is 0 Å². The van der Waals surface area contributed by atoms with E-state index in [9.17, 15) is 0 Å². The summed E-state index contributed by atoms with van der Waals surface area (Å²) in [7, 11) is 4.86. The third-order valence-corrected chi connectivity index (χ3v) is 3.38. The number of hydrogen-bond acceptors (Lipinski definition) is 5. The first kappa shape index (κ1) is 12.8. The molecule has 1 aromatic carbocycles. The molecule has 0 unspecified atom stereocenters. The summed E-state index contributed by atoms with van der Waals surface area (Å²) >= 11 is 1.57. The minimum Gasteiger partial charge on any atom is -0.493 e. The molecule has 1 aromatic heterocycles. The zero-order valence-electron chi connectivity index (χ0n) is 10.8. The number of fused-ring (bicyclic) bond motifs is 1. The molecule has 0 spiro atoms. The minimum atomic E-state index is 0.596. The van der Waals surface area contributed by atoms with E-state index in [1.807, 2.05) is 24.5 Å². The molecule has 0 saturated heterocycles. The summed E-state index contributed by atoms with van der Waals surface area (Å²) in [5.41, 5.74) is 0. The second-order valence-electron chi connectivity index (χ2n) is 3.60. The monoisotopic (exact) mass is 265 g/mol. The fourth-order valence-corrected chi connectivity index (χ4v) is 2.36. The number of nitrogens with zero attached hydrogens (tertiary/aromatic N) is 1. The van der Waals surface area contributed by atoms with E-state index in [2.05, 4.69) is 4.98 Å². The lowest BCUT2D eigenvalue weighted by Gasteiger charge is -2.11. The van der Waals surface area contributed by atoms with Crippen LogP contribution in [0.25, 0.3) is 10.8 Å². The van der Waals surface area contributed by atoms with E-state index < -0.39 is 0 Å². The van der Waals surface area contributed by atoms with Crippen LogP contribution in [-0.2, 0) is 0 Å². The van der Waals surface area contributed by atoms with Gasteiger partial charge in [0.2, 0.25) is 5.88 Å². The number of aromatic nitrogens is 1. The van der Waals surface area contributed by atoms with E-state index >= 15 is 0 Å². The first-order valence-corrected chi connectivity index (χ1v) is 6.60. The van der Waals surface area contributed by atoms with Crippen molar-refractivity contribution in [2.45, 2.75) is 5.03 Å². The smallest absolute Gasteiger partial charge is 0.214 e. The Labute approximate surface area is 110 Å². The maximum atomic E-state index is 5.31. The molecule has 0 aliphatic heterocycles. The van der Waals surface area contributed by atoms with E-state index in [1.165, 1.54) is 0 Å². The van der Waals surface area contributed by atoms with Crippen molar-refractivity contribution in [2.75, 3.05) is 27.6 Å². The number of rotatable bonds is 4. The summed E-state index contributed by atoms with van der Waals surface area (Å²) in [6, 6.07) is 5.75. The Kier molecular flexibility index (Phi) is 3.81. The lowest BCUT2D eigenvalue weighted by atomic mass is 10.1. The molecule has 0 saturated carbocycles. The molecule has 0 fully saturated rings. The highest BCUT2D eigenvalue weighted by Gasteiger charge is 2.11. The Morgan fingerprint density at radius 2 is 1.61 bits per heavy atom. The van der Waals surface area contributed by atoms with Crippen molar-refractivity contribution < 1.29 is 14.2 Å². The molecule has 4 nitrogen and oxygen atoms in total. The van der Waals surface area contributed by atoms with Crippen LogP contribution < -0.4 is 14.2 Å². The van der Waals surface area contributed by atoms with E-state index in [0.29, 0.717) is 17.4 Å². The number of ether oxygens (including phenoxy) is 3. The lowest BCUT2D eigenvalue weighted by molar-refractivity contribution is 0.355. The maximum Gasteiger partial charge on any atom is 0.214 e. The molecule has 1 heterocycles. The van der Waals surface area contributed by atoms with E-state index in [0.717, 1.165) is 15.8 Å². The molecule has 0 atom stereocenters. The van der Waals surface area contributed by atoms with Gasteiger partial charge in [0.1, 0.15) is 5.03 Å². The molecule has 0 amide bonds. The Morgan fingerprint density at radius 1 is 0.944 bits per heavy atom. The van der Waals surface area contributed by atoms with Crippen LogP contribution in [0.1, 0.15) is 0 Å². The molecule has 0 aliphatic rings. The first-order chi connectivity index (χ1) is 8.73. The second kappa shape index (κ2) is 5.35. The van der Waals surface area contributed by atoms with Crippen LogP contribution in [0.15, 0.2) is 23.2 Å². The first-order valence-electron chi connectivity index (χ1n) is 5.38. The summed E-state index contributed by atoms with van der Waals surface area (Å²) in [4.78, 5) is 4.41. The van der Waals surface area contributed by atoms with Crippen LogP contribution in [0.3, 0.4) is 0 Å². The molecule has 0 radical (unpaired) electrons. The van der Waals surface area contributed by atoms with Crippen molar-refractivity contribution in [3.63, 3.8) is 0 Å². The van der Waals surface area contributed by atoms with Crippen LogP contribution in [0.2, 0.25) is 0 Å². The van der Waals surface area contributed by atoms with Crippen molar-refractivity contribution in [3.05, 3.63) is 18.2 Å². The predicted molar refractivity (Wildman–Crippen MR) is 73.2 cm³/mol. The van der Waals surface area contributed by atoms with Crippen LogP contribution in [-0.4, -0.2) is 32.6 Å². The molecular formula is C13H15NO3S. The molecule has 0 N–H and O–H groups in total. The van der Waals surface area contributed by atoms with Crippen molar-refractivity contribution in [2.24, 2.45) is 0 Å². The number of methoxy groups -OCH3 is 3. The zero-order valence-corrected chi connectivity index (χ0v) is 11.6. The summed E-state index contributed by atoms with van der Waals surface area (Å²) in [6.07, 6.45) is 1.98. The van der Waals surface area contributed by atoms with Gasteiger partial charge in [0.05, 0.1) is 21.3 Å². The topological polar surface area (TPSA) is 40.6 Å². The van der Waals surface area contributed by atoms with Gasteiger partial charge in [-0.3, -0.25) is 0 Å². The molecule has 0 aliphatic carbocycles. The summed E-state index contributed by atoms with van der Waals surface area (Å²) < 4.78 is 15.8. The highest BCUT2D eigenvalue weighted by molar-refractivity contribution is 7.98. The number of benzene rings is 1. The van der Waals surface area contributed by atoms with Gasteiger partial charge < -0.3 is 14.2 Å². The van der Waals surface area contributed by atoms with Crippen LogP contribution >= 0.6 is 11.8 Å². The number of thioether (sulfide) groups is 1. The Bertz CT molecular complexity index is 572. The van der Waals surface area contributed by atoms with Crippen molar-refractivity contribution >= 4 is 22.5 Å². The fourth-order valence-electron chi connectivity index (χ4n) is 1.79. The quantitative estimate of drug-likeness (QED) is 0.795. The summed E-state index contributed by atoms with van der Waals surface area (Å²) in [6.45, 7) is 0. The average molecular weight is 265 g/mol. The predicted octanol–water partition coefficient (Wildman–Crippen LogP) is 2.98. The largest absolute Gasteiger partial charge is 0.493 e. The SMILES string of the molecule is COc1cc2cc(OC)c(OC)cc2c(SC)n1. The fraction of sp³-hybridized carbons (Fsp3) is 0.308. The van der Waals surface area contributed by atoms with Crippen LogP contribution in [0.5, 0.6) is 17.4 Å². The van der Waals surface area contributed by atoms with Gasteiger partial charge in [0.25, 0.3) is 0 Å². The van der Waals surface area contributed by atoms with Gasteiger partial charge in [0, 0.05) is 11.5 Å². The Morgan fingerprint density at radius 3 is 2.17 bits per heavy atom. The molecule has 2 aromatic rings. The van der Waals surface area contributed by atoms with E-state index in [-0.39, 0.29) is 0 Å². The minimum absolute atomic E-state index is 0.596. The molecule has 0 bridgehead atoms. The van der Waals surface area contributed by atoms with E-state index in [4.69, 9.17) is 14.2 Å². The zero-order chi connectivity index (χ0) is 13.1.